The lowest BCUT2D eigenvalue weighted by atomic mass is 10.1. The quantitative estimate of drug-likeness (QED) is 0.878. The number of hydrogen-bond donors (Lipinski definition) is 1. The highest BCUT2D eigenvalue weighted by Crippen LogP contribution is 2.26. The number of sulfonamides is 1. The van der Waals surface area contributed by atoms with Crippen LogP contribution in [0.1, 0.15) is 18.5 Å². The van der Waals surface area contributed by atoms with Gasteiger partial charge in [-0.2, -0.15) is 0 Å². The van der Waals surface area contributed by atoms with E-state index in [0.29, 0.717) is 15.6 Å². The fourth-order valence-corrected chi connectivity index (χ4v) is 3.18. The van der Waals surface area contributed by atoms with Crippen LogP contribution in [0.4, 0.5) is 0 Å². The molecular formula is C11H15Cl2NO3S. The molecule has 0 saturated heterocycles. The molecule has 1 N–H and O–H groups in total. The van der Waals surface area contributed by atoms with Gasteiger partial charge in [-0.3, -0.25) is 0 Å². The van der Waals surface area contributed by atoms with Crippen LogP contribution in [-0.4, -0.2) is 27.9 Å². The van der Waals surface area contributed by atoms with Gasteiger partial charge in [-0.25, -0.2) is 13.1 Å². The largest absolute Gasteiger partial charge is 0.384 e. The summed E-state index contributed by atoms with van der Waals surface area (Å²) in [4.78, 5) is 0. The number of rotatable bonds is 6. The summed E-state index contributed by atoms with van der Waals surface area (Å²) in [6.07, 6.45) is 0. The van der Waals surface area contributed by atoms with E-state index in [2.05, 4.69) is 4.72 Å². The number of halogens is 2. The van der Waals surface area contributed by atoms with E-state index in [-0.39, 0.29) is 12.4 Å². The van der Waals surface area contributed by atoms with E-state index in [0.717, 1.165) is 0 Å². The number of hydrogen-bond acceptors (Lipinski definition) is 3. The topological polar surface area (TPSA) is 55.4 Å². The summed E-state index contributed by atoms with van der Waals surface area (Å²) < 4.78 is 30.7. The van der Waals surface area contributed by atoms with Crippen molar-refractivity contribution in [2.75, 3.05) is 19.5 Å². The highest BCUT2D eigenvalue weighted by molar-refractivity contribution is 7.89. The summed E-state index contributed by atoms with van der Waals surface area (Å²) in [5.41, 5.74) is 0.682. The zero-order valence-electron chi connectivity index (χ0n) is 10.1. The Kier molecular flexibility index (Phi) is 5.88. The first-order valence-electron chi connectivity index (χ1n) is 5.29. The standard InChI is InChI=1S/C11H15Cl2NO3S/c1-8(14-18(15,16)6-5-17-2)10-4-3-9(12)7-11(10)13/h3-4,7-8,14H,5-6H2,1-2H3/t8-/m1/s1. The number of ether oxygens (including phenoxy) is 1. The molecule has 0 radical (unpaired) electrons. The van der Waals surface area contributed by atoms with Crippen molar-refractivity contribution in [2.45, 2.75) is 13.0 Å². The summed E-state index contributed by atoms with van der Waals surface area (Å²) >= 11 is 11.8. The van der Waals surface area contributed by atoms with Crippen LogP contribution in [0.2, 0.25) is 10.0 Å². The van der Waals surface area contributed by atoms with Gasteiger partial charge in [0.1, 0.15) is 0 Å². The molecule has 0 heterocycles. The second-order valence-electron chi connectivity index (χ2n) is 3.82. The Hall–Kier alpha value is -0.330. The molecule has 0 fully saturated rings. The van der Waals surface area contributed by atoms with Crippen LogP contribution in [-0.2, 0) is 14.8 Å². The molecule has 1 rings (SSSR count). The minimum absolute atomic E-state index is 0.0843. The third-order valence-corrected chi connectivity index (χ3v) is 4.32. The predicted molar refractivity (Wildman–Crippen MR) is 73.7 cm³/mol. The molecule has 1 aromatic rings. The molecule has 0 saturated carbocycles. The van der Waals surface area contributed by atoms with Gasteiger partial charge >= 0.3 is 0 Å². The molecule has 0 aliphatic carbocycles. The Morgan fingerprint density at radius 2 is 2.06 bits per heavy atom. The van der Waals surface area contributed by atoms with Gasteiger partial charge < -0.3 is 4.74 Å². The van der Waals surface area contributed by atoms with Gasteiger partial charge in [-0.05, 0) is 24.6 Å². The van der Waals surface area contributed by atoms with Crippen LogP contribution in [0.5, 0.6) is 0 Å². The minimum atomic E-state index is -3.38. The monoisotopic (exact) mass is 311 g/mol. The second kappa shape index (κ2) is 6.73. The summed E-state index contributed by atoms with van der Waals surface area (Å²) in [5, 5.41) is 0.947. The summed E-state index contributed by atoms with van der Waals surface area (Å²) in [6, 6.07) is 4.53. The van der Waals surface area contributed by atoms with E-state index >= 15 is 0 Å². The van der Waals surface area contributed by atoms with Crippen molar-refractivity contribution in [3.8, 4) is 0 Å². The van der Waals surface area contributed by atoms with E-state index in [4.69, 9.17) is 27.9 Å². The predicted octanol–water partition coefficient (Wildman–Crippen LogP) is 2.62. The van der Waals surface area contributed by atoms with Gasteiger partial charge in [0.05, 0.1) is 12.4 Å². The average molecular weight is 312 g/mol. The van der Waals surface area contributed by atoms with Crippen LogP contribution in [0.25, 0.3) is 0 Å². The summed E-state index contributed by atoms with van der Waals surface area (Å²) in [7, 11) is -1.93. The van der Waals surface area contributed by atoms with Crippen molar-refractivity contribution in [1.82, 2.24) is 4.72 Å². The van der Waals surface area contributed by atoms with Crippen LogP contribution < -0.4 is 4.72 Å². The first-order valence-corrected chi connectivity index (χ1v) is 7.70. The molecule has 0 aliphatic rings. The van der Waals surface area contributed by atoms with Gasteiger partial charge in [0, 0.05) is 23.2 Å². The van der Waals surface area contributed by atoms with E-state index < -0.39 is 16.1 Å². The molecule has 0 bridgehead atoms. The van der Waals surface area contributed by atoms with Crippen molar-refractivity contribution in [3.63, 3.8) is 0 Å². The Bertz CT molecular complexity index is 505. The maximum atomic E-state index is 11.7. The lowest BCUT2D eigenvalue weighted by Crippen LogP contribution is -2.30. The first kappa shape index (κ1) is 15.7. The van der Waals surface area contributed by atoms with Crippen molar-refractivity contribution in [1.29, 1.82) is 0 Å². The maximum Gasteiger partial charge on any atom is 0.214 e. The third-order valence-electron chi connectivity index (χ3n) is 2.34. The molecule has 1 aromatic carbocycles. The Morgan fingerprint density at radius 3 is 2.61 bits per heavy atom. The molecule has 102 valence electrons. The smallest absolute Gasteiger partial charge is 0.214 e. The summed E-state index contributed by atoms with van der Waals surface area (Å²) in [6.45, 7) is 1.87. The number of nitrogens with one attached hydrogen (secondary N) is 1. The van der Waals surface area contributed by atoms with E-state index in [1.165, 1.54) is 7.11 Å². The molecule has 0 unspecified atom stereocenters. The van der Waals surface area contributed by atoms with Gasteiger partial charge in [0.2, 0.25) is 10.0 Å². The molecule has 4 nitrogen and oxygen atoms in total. The molecule has 0 aromatic heterocycles. The van der Waals surface area contributed by atoms with Crippen LogP contribution in [0.15, 0.2) is 18.2 Å². The van der Waals surface area contributed by atoms with E-state index in [9.17, 15) is 8.42 Å². The maximum absolute atomic E-state index is 11.7. The normalized spacial score (nSPS) is 13.6. The van der Waals surface area contributed by atoms with Gasteiger partial charge in [0.15, 0.2) is 0 Å². The number of benzene rings is 1. The molecule has 7 heteroatoms. The van der Waals surface area contributed by atoms with Gasteiger partial charge in [-0.1, -0.05) is 29.3 Å². The highest BCUT2D eigenvalue weighted by atomic mass is 35.5. The van der Waals surface area contributed by atoms with Gasteiger partial charge in [-0.15, -0.1) is 0 Å². The summed E-state index contributed by atoms with van der Waals surface area (Å²) in [5.74, 6) is -0.0843. The molecule has 18 heavy (non-hydrogen) atoms. The molecule has 0 amide bonds. The fraction of sp³-hybridized carbons (Fsp3) is 0.455. The van der Waals surface area contributed by atoms with Crippen LogP contribution in [0.3, 0.4) is 0 Å². The minimum Gasteiger partial charge on any atom is -0.384 e. The Morgan fingerprint density at radius 1 is 1.39 bits per heavy atom. The lowest BCUT2D eigenvalue weighted by molar-refractivity contribution is 0.216. The van der Waals surface area contributed by atoms with Gasteiger partial charge in [0.25, 0.3) is 0 Å². The lowest BCUT2D eigenvalue weighted by Gasteiger charge is -2.16. The highest BCUT2D eigenvalue weighted by Gasteiger charge is 2.17. The van der Waals surface area contributed by atoms with Crippen molar-refractivity contribution < 1.29 is 13.2 Å². The van der Waals surface area contributed by atoms with Crippen molar-refractivity contribution >= 4 is 33.2 Å². The van der Waals surface area contributed by atoms with Crippen LogP contribution in [0, 0.1) is 0 Å². The molecular weight excluding hydrogens is 297 g/mol. The fourth-order valence-electron chi connectivity index (χ4n) is 1.44. The Labute approximate surface area is 117 Å². The second-order valence-corrected chi connectivity index (χ2v) is 6.53. The first-order chi connectivity index (χ1) is 8.35. The zero-order chi connectivity index (χ0) is 13.8. The van der Waals surface area contributed by atoms with E-state index in [1.54, 1.807) is 25.1 Å². The van der Waals surface area contributed by atoms with Crippen molar-refractivity contribution in [2.24, 2.45) is 0 Å². The van der Waals surface area contributed by atoms with E-state index in [1.807, 2.05) is 0 Å². The SMILES string of the molecule is COCCS(=O)(=O)N[C@H](C)c1ccc(Cl)cc1Cl. The molecule has 1 atom stereocenters. The zero-order valence-corrected chi connectivity index (χ0v) is 12.4. The molecule has 0 aliphatic heterocycles. The molecule has 0 spiro atoms. The third kappa shape index (κ3) is 4.74. The Balaban J connectivity index is 2.79. The van der Waals surface area contributed by atoms with Crippen molar-refractivity contribution in [3.05, 3.63) is 33.8 Å². The average Bonchev–Trinajstić information content (AvgIpc) is 2.25. The number of methoxy groups -OCH3 is 1. The van der Waals surface area contributed by atoms with Crippen LogP contribution >= 0.6 is 23.2 Å².